The second kappa shape index (κ2) is 11.3. The number of nitrogens with one attached hydrogen (secondary N) is 1. The number of amides is 1. The molecule has 2 aromatic carbocycles. The summed E-state index contributed by atoms with van der Waals surface area (Å²) in [5.74, 6) is -0.113. The zero-order valence-electron chi connectivity index (χ0n) is 19.1. The zero-order valence-corrected chi connectivity index (χ0v) is 20.0. The van der Waals surface area contributed by atoms with Gasteiger partial charge in [-0.05, 0) is 42.0 Å². The van der Waals surface area contributed by atoms with Crippen molar-refractivity contribution < 1.29 is 32.6 Å². The zero-order chi connectivity index (χ0) is 24.7. The number of carbonyl (C=O) groups excluding carboxylic acids is 1. The highest BCUT2D eigenvalue weighted by atomic mass is 32.2. The third-order valence-electron chi connectivity index (χ3n) is 5.61. The summed E-state index contributed by atoms with van der Waals surface area (Å²) in [5, 5.41) is 12.3. The van der Waals surface area contributed by atoms with Gasteiger partial charge in [-0.3, -0.25) is 14.5 Å². The van der Waals surface area contributed by atoms with Crippen molar-refractivity contribution in [3.63, 3.8) is 0 Å². The Hall–Kier alpha value is -3.15. The number of nitrogens with zero attached hydrogens (tertiary/aromatic N) is 2. The molecule has 11 heteroatoms. The monoisotopic (exact) mass is 491 g/mol. The van der Waals surface area contributed by atoms with Gasteiger partial charge in [0.25, 0.3) is 5.91 Å². The Morgan fingerprint density at radius 2 is 1.59 bits per heavy atom. The molecule has 0 saturated carbocycles. The number of benzene rings is 2. The Bertz CT molecular complexity index is 1080. The fourth-order valence-corrected chi connectivity index (χ4v) is 4.43. The summed E-state index contributed by atoms with van der Waals surface area (Å²) in [4.78, 5) is 25.9. The molecular weight excluding hydrogens is 462 g/mol. The summed E-state index contributed by atoms with van der Waals surface area (Å²) in [6.45, 7) is 1.26. The quantitative estimate of drug-likeness (QED) is 0.505. The first-order valence-corrected chi connectivity index (χ1v) is 12.6. The van der Waals surface area contributed by atoms with Gasteiger partial charge in [0.05, 0.1) is 13.4 Å². The van der Waals surface area contributed by atoms with Crippen LogP contribution in [0.5, 0.6) is 11.5 Å². The van der Waals surface area contributed by atoms with Gasteiger partial charge in [-0.1, -0.05) is 12.1 Å². The maximum atomic E-state index is 12.5. The molecule has 1 saturated heterocycles. The molecule has 1 fully saturated rings. The van der Waals surface area contributed by atoms with E-state index in [1.807, 2.05) is 24.3 Å². The summed E-state index contributed by atoms with van der Waals surface area (Å²) in [6.07, 6.45) is 1.13. The average Bonchev–Trinajstić information content (AvgIpc) is 2.83. The maximum Gasteiger partial charge on any atom is 0.322 e. The molecule has 2 aromatic rings. The first-order valence-electron chi connectivity index (χ1n) is 10.7. The van der Waals surface area contributed by atoms with Crippen LogP contribution in [0.1, 0.15) is 15.9 Å². The van der Waals surface area contributed by atoms with Crippen molar-refractivity contribution in [2.45, 2.75) is 12.6 Å². The summed E-state index contributed by atoms with van der Waals surface area (Å²) < 4.78 is 35.5. The Morgan fingerprint density at radius 1 is 1.00 bits per heavy atom. The smallest absolute Gasteiger partial charge is 0.322 e. The molecule has 1 heterocycles. The van der Waals surface area contributed by atoms with E-state index in [-0.39, 0.29) is 32.7 Å². The van der Waals surface area contributed by atoms with E-state index in [2.05, 4.69) is 5.32 Å². The summed E-state index contributed by atoms with van der Waals surface area (Å²) >= 11 is 0. The van der Waals surface area contributed by atoms with Crippen LogP contribution in [0, 0.1) is 0 Å². The van der Waals surface area contributed by atoms with E-state index in [1.54, 1.807) is 36.3 Å². The Kier molecular flexibility index (Phi) is 8.48. The highest BCUT2D eigenvalue weighted by Crippen LogP contribution is 2.17. The van der Waals surface area contributed by atoms with Crippen molar-refractivity contribution in [1.29, 1.82) is 0 Å². The second-order valence-electron chi connectivity index (χ2n) is 7.92. The van der Waals surface area contributed by atoms with E-state index in [9.17, 15) is 23.1 Å². The van der Waals surface area contributed by atoms with Crippen molar-refractivity contribution in [2.24, 2.45) is 0 Å². The van der Waals surface area contributed by atoms with Crippen molar-refractivity contribution in [3.8, 4) is 11.5 Å². The van der Waals surface area contributed by atoms with E-state index < -0.39 is 27.9 Å². The van der Waals surface area contributed by atoms with Gasteiger partial charge in [-0.25, -0.2) is 8.42 Å². The molecule has 0 aliphatic carbocycles. The van der Waals surface area contributed by atoms with Gasteiger partial charge in [0.2, 0.25) is 10.0 Å². The lowest BCUT2D eigenvalue weighted by Crippen LogP contribution is -2.56. The summed E-state index contributed by atoms with van der Waals surface area (Å²) in [6, 6.07) is 13.1. The SMILES string of the molecule is COc1ccc(COc2ccc(C(=O)NC[C@@H](C(=O)O)N3CCN(S(C)(=O)=O)CC3)cc2)cc1. The van der Waals surface area contributed by atoms with Gasteiger partial charge in [0.1, 0.15) is 24.1 Å². The number of carboxylic acid groups (broad SMARTS) is 1. The lowest BCUT2D eigenvalue weighted by atomic mass is 10.1. The normalized spacial score (nSPS) is 15.9. The Morgan fingerprint density at radius 3 is 2.12 bits per heavy atom. The molecule has 0 radical (unpaired) electrons. The van der Waals surface area contributed by atoms with E-state index in [4.69, 9.17) is 9.47 Å². The number of ether oxygens (including phenoxy) is 2. The summed E-state index contributed by atoms with van der Waals surface area (Å²) in [7, 11) is -1.71. The van der Waals surface area contributed by atoms with Crippen LogP contribution in [-0.4, -0.2) is 86.7 Å². The Balaban J connectivity index is 1.50. The van der Waals surface area contributed by atoms with Crippen LogP contribution in [0.25, 0.3) is 0 Å². The molecule has 184 valence electrons. The molecule has 1 atom stereocenters. The third-order valence-corrected chi connectivity index (χ3v) is 6.91. The summed E-state index contributed by atoms with van der Waals surface area (Å²) in [5.41, 5.74) is 1.35. The number of hydrogen-bond donors (Lipinski definition) is 2. The van der Waals surface area contributed by atoms with Gasteiger partial charge in [0.15, 0.2) is 0 Å². The number of rotatable bonds is 10. The fraction of sp³-hybridized carbons (Fsp3) is 0.391. The molecule has 1 amide bonds. The molecule has 3 rings (SSSR count). The molecule has 0 aromatic heterocycles. The molecule has 0 bridgehead atoms. The van der Waals surface area contributed by atoms with Gasteiger partial charge in [0, 0.05) is 38.3 Å². The van der Waals surface area contributed by atoms with Crippen LogP contribution in [0.2, 0.25) is 0 Å². The lowest BCUT2D eigenvalue weighted by molar-refractivity contribution is -0.143. The van der Waals surface area contributed by atoms with Crippen molar-refractivity contribution in [1.82, 2.24) is 14.5 Å². The third kappa shape index (κ3) is 6.92. The van der Waals surface area contributed by atoms with Crippen LogP contribution < -0.4 is 14.8 Å². The highest BCUT2D eigenvalue weighted by molar-refractivity contribution is 7.88. The maximum absolute atomic E-state index is 12.5. The molecule has 34 heavy (non-hydrogen) atoms. The van der Waals surface area contributed by atoms with Crippen LogP contribution in [0.3, 0.4) is 0 Å². The van der Waals surface area contributed by atoms with Gasteiger partial charge in [-0.15, -0.1) is 0 Å². The number of hydrogen-bond acceptors (Lipinski definition) is 7. The number of methoxy groups -OCH3 is 1. The molecule has 2 N–H and O–H groups in total. The first-order chi connectivity index (χ1) is 16.2. The number of carbonyl (C=O) groups is 2. The number of piperazine rings is 1. The van der Waals surface area contributed by atoms with Crippen molar-refractivity contribution in [3.05, 3.63) is 59.7 Å². The predicted octanol–water partition coefficient (Wildman–Crippen LogP) is 1.03. The van der Waals surface area contributed by atoms with E-state index >= 15 is 0 Å². The van der Waals surface area contributed by atoms with Crippen LogP contribution >= 0.6 is 0 Å². The standard InChI is InChI=1S/C23H29N3O7S/c1-32-19-7-3-17(4-8-19)16-33-20-9-5-18(6-10-20)22(27)24-15-21(23(28)29)25-11-13-26(14-12-25)34(2,30)31/h3-10,21H,11-16H2,1-2H3,(H,24,27)(H,28,29)/t21-/m0/s1. The predicted molar refractivity (Wildman–Crippen MR) is 126 cm³/mol. The second-order valence-corrected chi connectivity index (χ2v) is 9.91. The minimum Gasteiger partial charge on any atom is -0.497 e. The molecule has 10 nitrogen and oxygen atoms in total. The molecule has 0 spiro atoms. The first kappa shape index (κ1) is 25.5. The number of carboxylic acids is 1. The van der Waals surface area contributed by atoms with Crippen LogP contribution in [0.4, 0.5) is 0 Å². The Labute approximate surface area is 199 Å². The molecule has 1 aliphatic heterocycles. The molecule has 0 unspecified atom stereocenters. The largest absolute Gasteiger partial charge is 0.497 e. The number of aliphatic carboxylic acids is 1. The molecule has 1 aliphatic rings. The van der Waals surface area contributed by atoms with Gasteiger partial charge < -0.3 is 19.9 Å². The highest BCUT2D eigenvalue weighted by Gasteiger charge is 2.31. The van der Waals surface area contributed by atoms with Gasteiger partial charge in [-0.2, -0.15) is 4.31 Å². The topological polar surface area (TPSA) is 125 Å². The van der Waals surface area contributed by atoms with Crippen molar-refractivity contribution in [2.75, 3.05) is 46.1 Å². The van der Waals surface area contributed by atoms with Crippen molar-refractivity contribution >= 4 is 21.9 Å². The van der Waals surface area contributed by atoms with Crippen LogP contribution in [-0.2, 0) is 21.4 Å². The van der Waals surface area contributed by atoms with E-state index in [1.165, 1.54) is 4.31 Å². The minimum atomic E-state index is -3.31. The number of sulfonamides is 1. The van der Waals surface area contributed by atoms with Crippen LogP contribution in [0.15, 0.2) is 48.5 Å². The average molecular weight is 492 g/mol. The lowest BCUT2D eigenvalue weighted by Gasteiger charge is -2.36. The van der Waals surface area contributed by atoms with Gasteiger partial charge >= 0.3 is 5.97 Å². The van der Waals surface area contributed by atoms with E-state index in [0.29, 0.717) is 17.9 Å². The van der Waals surface area contributed by atoms with E-state index in [0.717, 1.165) is 17.6 Å². The minimum absolute atomic E-state index is 0.0945. The fourth-order valence-electron chi connectivity index (χ4n) is 3.60. The molecular formula is C23H29N3O7S.